The van der Waals surface area contributed by atoms with E-state index in [2.05, 4.69) is 15.0 Å². The molecule has 0 saturated heterocycles. The number of methoxy groups -OCH3 is 1. The summed E-state index contributed by atoms with van der Waals surface area (Å²) in [5, 5.41) is 0.00272. The van der Waals surface area contributed by atoms with Crippen molar-refractivity contribution in [2.24, 2.45) is 5.73 Å². The number of ether oxygens (including phenoxy) is 1. The number of aromatic nitrogens is 3. The third-order valence-corrected chi connectivity index (χ3v) is 2.71. The van der Waals surface area contributed by atoms with E-state index in [9.17, 15) is 4.79 Å². The standard InChI is InChI=1S/C13H11ClN4O2/c1-20-12(19)9-7-17-13(14)18-11(9)8(6-15)10-4-2-3-5-16-10/h2-7H,15H2,1H3. The molecule has 0 unspecified atom stereocenters. The molecule has 0 aliphatic heterocycles. The number of carbonyl (C=O) groups is 1. The second kappa shape index (κ2) is 6.12. The van der Waals surface area contributed by atoms with Crippen LogP contribution in [0, 0.1) is 0 Å². The first-order chi connectivity index (χ1) is 9.67. The first-order valence-electron chi connectivity index (χ1n) is 5.62. The predicted octanol–water partition coefficient (Wildman–Crippen LogP) is 1.66. The van der Waals surface area contributed by atoms with Gasteiger partial charge in [-0.25, -0.2) is 14.8 Å². The van der Waals surface area contributed by atoms with Crippen LogP contribution in [0.2, 0.25) is 5.28 Å². The fourth-order valence-corrected chi connectivity index (χ4v) is 1.77. The molecule has 0 aliphatic carbocycles. The zero-order chi connectivity index (χ0) is 14.5. The Morgan fingerprint density at radius 2 is 2.20 bits per heavy atom. The number of nitrogens with zero attached hydrogens (tertiary/aromatic N) is 3. The Morgan fingerprint density at radius 1 is 1.40 bits per heavy atom. The lowest BCUT2D eigenvalue weighted by Crippen LogP contribution is -2.10. The highest BCUT2D eigenvalue weighted by Crippen LogP contribution is 2.23. The Labute approximate surface area is 120 Å². The van der Waals surface area contributed by atoms with E-state index < -0.39 is 5.97 Å². The molecule has 7 heteroatoms. The van der Waals surface area contributed by atoms with Crippen LogP contribution in [-0.2, 0) is 4.74 Å². The number of hydrogen-bond acceptors (Lipinski definition) is 6. The molecule has 2 heterocycles. The van der Waals surface area contributed by atoms with Crippen LogP contribution in [0.3, 0.4) is 0 Å². The van der Waals surface area contributed by atoms with E-state index in [0.717, 1.165) is 0 Å². The topological polar surface area (TPSA) is 91.0 Å². The molecular weight excluding hydrogens is 280 g/mol. The van der Waals surface area contributed by atoms with Crippen LogP contribution < -0.4 is 5.73 Å². The van der Waals surface area contributed by atoms with Crippen molar-refractivity contribution in [1.29, 1.82) is 0 Å². The summed E-state index contributed by atoms with van der Waals surface area (Å²) in [6.45, 7) is 0. The van der Waals surface area contributed by atoms with E-state index in [-0.39, 0.29) is 16.5 Å². The molecule has 0 saturated carbocycles. The lowest BCUT2D eigenvalue weighted by Gasteiger charge is -2.09. The van der Waals surface area contributed by atoms with Crippen LogP contribution in [-0.4, -0.2) is 28.0 Å². The molecule has 0 fully saturated rings. The summed E-state index contributed by atoms with van der Waals surface area (Å²) in [5.41, 5.74) is 7.11. The summed E-state index contributed by atoms with van der Waals surface area (Å²) in [7, 11) is 1.27. The maximum absolute atomic E-state index is 11.8. The fraction of sp³-hybridized carbons (Fsp3) is 0.0769. The molecule has 0 bridgehead atoms. The highest BCUT2D eigenvalue weighted by Gasteiger charge is 2.19. The van der Waals surface area contributed by atoms with E-state index in [4.69, 9.17) is 22.1 Å². The van der Waals surface area contributed by atoms with Crippen molar-refractivity contribution in [2.45, 2.75) is 0 Å². The van der Waals surface area contributed by atoms with Crippen molar-refractivity contribution in [3.8, 4) is 0 Å². The normalized spacial score (nSPS) is 11.2. The molecule has 102 valence electrons. The highest BCUT2D eigenvalue weighted by molar-refractivity contribution is 6.28. The van der Waals surface area contributed by atoms with Crippen LogP contribution in [0.15, 0.2) is 36.8 Å². The van der Waals surface area contributed by atoms with Gasteiger partial charge in [-0.3, -0.25) is 4.98 Å². The second-order valence-corrected chi connectivity index (χ2v) is 4.03. The molecule has 6 nitrogen and oxygen atoms in total. The van der Waals surface area contributed by atoms with Crippen molar-refractivity contribution < 1.29 is 9.53 Å². The number of pyridine rings is 1. The van der Waals surface area contributed by atoms with Crippen molar-refractivity contribution in [1.82, 2.24) is 15.0 Å². The van der Waals surface area contributed by atoms with Gasteiger partial charge in [0.1, 0.15) is 5.56 Å². The SMILES string of the molecule is COC(=O)c1cnc(Cl)nc1C(=CN)c1ccccn1. The monoisotopic (exact) mass is 290 g/mol. The van der Waals surface area contributed by atoms with Gasteiger partial charge < -0.3 is 10.5 Å². The number of carbonyl (C=O) groups excluding carboxylic acids is 1. The predicted molar refractivity (Wildman–Crippen MR) is 73.9 cm³/mol. The van der Waals surface area contributed by atoms with Crippen LogP contribution in [0.25, 0.3) is 5.57 Å². The molecular formula is C13H11ClN4O2. The van der Waals surface area contributed by atoms with Gasteiger partial charge in [0.25, 0.3) is 0 Å². The number of rotatable bonds is 3. The van der Waals surface area contributed by atoms with Crippen LogP contribution in [0.1, 0.15) is 21.7 Å². The maximum atomic E-state index is 11.8. The third kappa shape index (κ3) is 2.75. The smallest absolute Gasteiger partial charge is 0.341 e. The molecule has 0 spiro atoms. The van der Waals surface area contributed by atoms with Gasteiger partial charge in [0.15, 0.2) is 0 Å². The zero-order valence-electron chi connectivity index (χ0n) is 10.6. The first-order valence-corrected chi connectivity index (χ1v) is 5.99. The molecule has 0 radical (unpaired) electrons. The van der Waals surface area contributed by atoms with E-state index >= 15 is 0 Å². The Morgan fingerprint density at radius 3 is 2.80 bits per heavy atom. The lowest BCUT2D eigenvalue weighted by atomic mass is 10.0. The molecule has 2 aromatic heterocycles. The van der Waals surface area contributed by atoms with Crippen LogP contribution >= 0.6 is 11.6 Å². The van der Waals surface area contributed by atoms with Crippen LogP contribution in [0.4, 0.5) is 0 Å². The van der Waals surface area contributed by atoms with E-state index in [1.807, 2.05) is 0 Å². The quantitative estimate of drug-likeness (QED) is 0.683. The molecule has 20 heavy (non-hydrogen) atoms. The van der Waals surface area contributed by atoms with Gasteiger partial charge in [-0.2, -0.15) is 0 Å². The molecule has 2 N–H and O–H groups in total. The van der Waals surface area contributed by atoms with Gasteiger partial charge in [0.2, 0.25) is 5.28 Å². The van der Waals surface area contributed by atoms with Crippen molar-refractivity contribution in [2.75, 3.05) is 7.11 Å². The van der Waals surface area contributed by atoms with Crippen molar-refractivity contribution >= 4 is 23.1 Å². The van der Waals surface area contributed by atoms with Gasteiger partial charge in [0, 0.05) is 24.2 Å². The summed E-state index contributed by atoms with van der Waals surface area (Å²) >= 11 is 5.79. The molecule has 0 aliphatic rings. The summed E-state index contributed by atoms with van der Waals surface area (Å²) in [6, 6.07) is 5.31. The summed E-state index contributed by atoms with van der Waals surface area (Å²) in [5.74, 6) is -0.577. The first kappa shape index (κ1) is 14.0. The van der Waals surface area contributed by atoms with Gasteiger partial charge in [0.05, 0.1) is 18.5 Å². The Kier molecular flexibility index (Phi) is 4.27. The second-order valence-electron chi connectivity index (χ2n) is 3.69. The number of esters is 1. The zero-order valence-corrected chi connectivity index (χ0v) is 11.3. The van der Waals surface area contributed by atoms with Crippen molar-refractivity contribution in [3.63, 3.8) is 0 Å². The summed E-state index contributed by atoms with van der Waals surface area (Å²) in [6.07, 6.45) is 4.22. The highest BCUT2D eigenvalue weighted by atomic mass is 35.5. The minimum absolute atomic E-state index is 0.00272. The average molecular weight is 291 g/mol. The fourth-order valence-electron chi connectivity index (χ4n) is 1.63. The number of hydrogen-bond donors (Lipinski definition) is 1. The molecule has 0 atom stereocenters. The average Bonchev–Trinajstić information content (AvgIpc) is 2.48. The van der Waals surface area contributed by atoms with E-state index in [1.54, 1.807) is 24.4 Å². The van der Waals surface area contributed by atoms with Crippen LogP contribution in [0.5, 0.6) is 0 Å². The largest absolute Gasteiger partial charge is 0.465 e. The van der Waals surface area contributed by atoms with E-state index in [1.165, 1.54) is 19.5 Å². The van der Waals surface area contributed by atoms with Gasteiger partial charge in [-0.05, 0) is 23.7 Å². The number of halogens is 1. The molecule has 2 rings (SSSR count). The molecule has 0 aromatic carbocycles. The Balaban J connectivity index is 2.61. The third-order valence-electron chi connectivity index (χ3n) is 2.53. The summed E-state index contributed by atoms with van der Waals surface area (Å²) in [4.78, 5) is 23.8. The number of nitrogens with two attached hydrogens (primary N) is 1. The Hall–Kier alpha value is -2.47. The van der Waals surface area contributed by atoms with Gasteiger partial charge in [-0.15, -0.1) is 0 Å². The van der Waals surface area contributed by atoms with E-state index in [0.29, 0.717) is 11.3 Å². The molecule has 2 aromatic rings. The summed E-state index contributed by atoms with van der Waals surface area (Å²) < 4.78 is 4.70. The molecule has 0 amide bonds. The van der Waals surface area contributed by atoms with Crippen molar-refractivity contribution in [3.05, 3.63) is 59.0 Å². The maximum Gasteiger partial charge on any atom is 0.341 e. The minimum atomic E-state index is -0.577. The van der Waals surface area contributed by atoms with Gasteiger partial charge in [-0.1, -0.05) is 6.07 Å². The lowest BCUT2D eigenvalue weighted by molar-refractivity contribution is 0.0599. The van der Waals surface area contributed by atoms with Gasteiger partial charge >= 0.3 is 5.97 Å². The minimum Gasteiger partial charge on any atom is -0.465 e. The Bertz CT molecular complexity index is 659.